The zero-order valence-corrected chi connectivity index (χ0v) is 11.6. The van der Waals surface area contributed by atoms with Crippen LogP contribution in [0, 0.1) is 0 Å². The quantitative estimate of drug-likeness (QED) is 0.710. The molecular formula is C11H16N2O5S. The standard InChI is InChI=1S/C11H16N2O5S/c1-11(2,3)18-10(15)13-8-5-4-7(6-9(8)14)19(12,16)17/h4-6,14H,1-3H3,(H,13,15)(H2,12,16,17). The first-order valence-electron chi connectivity index (χ1n) is 5.35. The summed E-state index contributed by atoms with van der Waals surface area (Å²) in [7, 11) is -3.90. The molecule has 0 aliphatic heterocycles. The molecule has 1 amide bonds. The third kappa shape index (κ3) is 4.76. The number of phenols is 1. The highest BCUT2D eigenvalue weighted by Crippen LogP contribution is 2.26. The predicted molar refractivity (Wildman–Crippen MR) is 69.3 cm³/mol. The molecule has 106 valence electrons. The van der Waals surface area contributed by atoms with Crippen molar-refractivity contribution in [3.05, 3.63) is 18.2 Å². The molecule has 7 nitrogen and oxygen atoms in total. The van der Waals surface area contributed by atoms with Crippen molar-refractivity contribution in [1.29, 1.82) is 0 Å². The number of ether oxygens (including phenoxy) is 1. The molecule has 0 radical (unpaired) electrons. The number of amides is 1. The number of carbonyl (C=O) groups is 1. The van der Waals surface area contributed by atoms with Gasteiger partial charge in [-0.05, 0) is 32.9 Å². The van der Waals surface area contributed by atoms with E-state index < -0.39 is 27.5 Å². The second-order valence-corrected chi connectivity index (χ2v) is 6.41. The van der Waals surface area contributed by atoms with E-state index in [1.54, 1.807) is 20.8 Å². The number of benzene rings is 1. The van der Waals surface area contributed by atoms with E-state index in [2.05, 4.69) is 5.32 Å². The van der Waals surface area contributed by atoms with Crippen molar-refractivity contribution in [1.82, 2.24) is 0 Å². The van der Waals surface area contributed by atoms with Crippen molar-refractivity contribution >= 4 is 21.8 Å². The Hall–Kier alpha value is -1.80. The van der Waals surface area contributed by atoms with Gasteiger partial charge in [-0.15, -0.1) is 0 Å². The molecule has 19 heavy (non-hydrogen) atoms. The van der Waals surface area contributed by atoms with Crippen LogP contribution in [0.15, 0.2) is 23.1 Å². The highest BCUT2D eigenvalue weighted by molar-refractivity contribution is 7.89. The van der Waals surface area contributed by atoms with Gasteiger partial charge in [-0.25, -0.2) is 18.4 Å². The second-order valence-electron chi connectivity index (χ2n) is 4.85. The van der Waals surface area contributed by atoms with Gasteiger partial charge in [0.1, 0.15) is 11.4 Å². The molecule has 0 heterocycles. The second kappa shape index (κ2) is 5.06. The molecule has 0 aliphatic carbocycles. The van der Waals surface area contributed by atoms with Crippen LogP contribution in [0.25, 0.3) is 0 Å². The smallest absolute Gasteiger partial charge is 0.412 e. The summed E-state index contributed by atoms with van der Waals surface area (Å²) in [6, 6.07) is 3.34. The first-order valence-corrected chi connectivity index (χ1v) is 6.89. The SMILES string of the molecule is CC(C)(C)OC(=O)Nc1ccc(S(N)(=O)=O)cc1O. The summed E-state index contributed by atoms with van der Waals surface area (Å²) < 4.78 is 27.1. The van der Waals surface area contributed by atoms with Crippen molar-refractivity contribution in [2.75, 3.05) is 5.32 Å². The van der Waals surface area contributed by atoms with E-state index in [1.807, 2.05) is 0 Å². The normalized spacial score (nSPS) is 12.0. The largest absolute Gasteiger partial charge is 0.506 e. The summed E-state index contributed by atoms with van der Waals surface area (Å²) >= 11 is 0. The molecule has 1 aromatic rings. The summed E-state index contributed by atoms with van der Waals surface area (Å²) in [5.74, 6) is -0.419. The minimum atomic E-state index is -3.90. The molecule has 0 fully saturated rings. The lowest BCUT2D eigenvalue weighted by atomic mass is 10.2. The molecule has 8 heteroatoms. The van der Waals surface area contributed by atoms with E-state index in [4.69, 9.17) is 9.88 Å². The maximum atomic E-state index is 11.5. The molecule has 1 aromatic carbocycles. The molecule has 0 bridgehead atoms. The molecule has 0 aromatic heterocycles. The first kappa shape index (κ1) is 15.3. The van der Waals surface area contributed by atoms with Crippen LogP contribution in [0.2, 0.25) is 0 Å². The minimum absolute atomic E-state index is 0.0293. The van der Waals surface area contributed by atoms with Crippen LogP contribution in [-0.2, 0) is 14.8 Å². The van der Waals surface area contributed by atoms with Crippen LogP contribution in [0.1, 0.15) is 20.8 Å². The van der Waals surface area contributed by atoms with Crippen molar-refractivity contribution in [3.8, 4) is 5.75 Å². The maximum Gasteiger partial charge on any atom is 0.412 e. The lowest BCUT2D eigenvalue weighted by molar-refractivity contribution is 0.0635. The highest BCUT2D eigenvalue weighted by Gasteiger charge is 2.18. The van der Waals surface area contributed by atoms with E-state index in [0.717, 1.165) is 6.07 Å². The van der Waals surface area contributed by atoms with Crippen molar-refractivity contribution in [2.24, 2.45) is 5.14 Å². The number of phenolic OH excluding ortho intramolecular Hbond substituents is 1. The van der Waals surface area contributed by atoms with Gasteiger partial charge in [-0.1, -0.05) is 0 Å². The Morgan fingerprint density at radius 2 is 1.95 bits per heavy atom. The summed E-state index contributed by atoms with van der Waals surface area (Å²) in [5.41, 5.74) is -0.651. The number of rotatable bonds is 2. The van der Waals surface area contributed by atoms with Gasteiger partial charge in [0.25, 0.3) is 0 Å². The molecule has 0 spiro atoms. The molecule has 0 saturated carbocycles. The first-order chi connectivity index (χ1) is 8.49. The maximum absolute atomic E-state index is 11.5. The van der Waals surface area contributed by atoms with Crippen LogP contribution in [0.3, 0.4) is 0 Å². The fourth-order valence-electron chi connectivity index (χ4n) is 1.21. The summed E-state index contributed by atoms with van der Waals surface area (Å²) in [4.78, 5) is 11.2. The fraction of sp³-hybridized carbons (Fsp3) is 0.364. The van der Waals surface area contributed by atoms with Crippen LogP contribution >= 0.6 is 0 Å². The van der Waals surface area contributed by atoms with Gasteiger partial charge in [0, 0.05) is 6.07 Å². The lowest BCUT2D eigenvalue weighted by Crippen LogP contribution is -2.27. The van der Waals surface area contributed by atoms with E-state index in [-0.39, 0.29) is 10.6 Å². The topological polar surface area (TPSA) is 119 Å². The van der Waals surface area contributed by atoms with Crippen LogP contribution in [-0.4, -0.2) is 25.2 Å². The van der Waals surface area contributed by atoms with Crippen LogP contribution in [0.5, 0.6) is 5.75 Å². The third-order valence-electron chi connectivity index (χ3n) is 1.93. The average Bonchev–Trinajstić information content (AvgIpc) is 2.16. The predicted octanol–water partition coefficient (Wildman–Crippen LogP) is 1.39. The van der Waals surface area contributed by atoms with Gasteiger partial charge in [0.2, 0.25) is 10.0 Å². The number of primary sulfonamides is 1. The Bertz CT molecular complexity index is 590. The van der Waals surface area contributed by atoms with Gasteiger partial charge in [0.15, 0.2) is 0 Å². The highest BCUT2D eigenvalue weighted by atomic mass is 32.2. The Morgan fingerprint density at radius 3 is 2.37 bits per heavy atom. The monoisotopic (exact) mass is 288 g/mol. The van der Waals surface area contributed by atoms with Crippen molar-refractivity contribution in [3.63, 3.8) is 0 Å². The number of nitrogens with two attached hydrogens (primary N) is 1. The molecule has 0 aliphatic rings. The van der Waals surface area contributed by atoms with Crippen molar-refractivity contribution in [2.45, 2.75) is 31.3 Å². The summed E-state index contributed by atoms with van der Waals surface area (Å²) in [6.07, 6.45) is -0.758. The van der Waals surface area contributed by atoms with Gasteiger partial charge < -0.3 is 9.84 Å². The van der Waals surface area contributed by atoms with Crippen LogP contribution in [0.4, 0.5) is 10.5 Å². The molecule has 0 saturated heterocycles. The number of carbonyl (C=O) groups excluding carboxylic acids is 1. The van der Waals surface area contributed by atoms with E-state index in [1.165, 1.54) is 12.1 Å². The average molecular weight is 288 g/mol. The molecule has 0 atom stereocenters. The molecule has 4 N–H and O–H groups in total. The fourth-order valence-corrected chi connectivity index (χ4v) is 1.74. The van der Waals surface area contributed by atoms with E-state index in [9.17, 15) is 18.3 Å². The molecule has 0 unspecified atom stereocenters. The molecule has 1 rings (SSSR count). The third-order valence-corrected chi connectivity index (χ3v) is 2.84. The number of hydrogen-bond acceptors (Lipinski definition) is 5. The summed E-state index contributed by atoms with van der Waals surface area (Å²) in [6.45, 7) is 5.07. The zero-order chi connectivity index (χ0) is 14.8. The van der Waals surface area contributed by atoms with Crippen LogP contribution < -0.4 is 10.5 Å². The Kier molecular flexibility index (Phi) is 4.06. The summed E-state index contributed by atoms with van der Waals surface area (Å²) in [5, 5.41) is 16.8. The Balaban J connectivity index is 2.90. The lowest BCUT2D eigenvalue weighted by Gasteiger charge is -2.20. The number of nitrogens with one attached hydrogen (secondary N) is 1. The van der Waals surface area contributed by atoms with Gasteiger partial charge in [-0.2, -0.15) is 0 Å². The van der Waals surface area contributed by atoms with Gasteiger partial charge >= 0.3 is 6.09 Å². The molecular weight excluding hydrogens is 272 g/mol. The van der Waals surface area contributed by atoms with E-state index in [0.29, 0.717) is 0 Å². The Labute approximate surface area is 111 Å². The van der Waals surface area contributed by atoms with Gasteiger partial charge in [-0.3, -0.25) is 5.32 Å². The number of hydrogen-bond donors (Lipinski definition) is 3. The van der Waals surface area contributed by atoms with E-state index >= 15 is 0 Å². The van der Waals surface area contributed by atoms with Crippen molar-refractivity contribution < 1.29 is 23.1 Å². The minimum Gasteiger partial charge on any atom is -0.506 e. The number of anilines is 1. The van der Waals surface area contributed by atoms with Gasteiger partial charge in [0.05, 0.1) is 10.6 Å². The zero-order valence-electron chi connectivity index (χ0n) is 10.8. The Morgan fingerprint density at radius 1 is 1.37 bits per heavy atom. The number of sulfonamides is 1. The number of aromatic hydroxyl groups is 1.